The van der Waals surface area contributed by atoms with Crippen molar-refractivity contribution >= 4 is 19.8 Å². The molecule has 0 fully saturated rings. The van der Waals surface area contributed by atoms with Gasteiger partial charge >= 0.3 is 19.8 Å². The Bertz CT molecular complexity index is 1230. The summed E-state index contributed by atoms with van der Waals surface area (Å²) in [5.74, 6) is -0.274. The van der Waals surface area contributed by atoms with Gasteiger partial charge in [0.1, 0.15) is 6.61 Å². The van der Waals surface area contributed by atoms with Crippen LogP contribution in [-0.4, -0.2) is 52.3 Å². The molecule has 60 heavy (non-hydrogen) atoms. The van der Waals surface area contributed by atoms with E-state index in [0.29, 0.717) is 6.42 Å². The number of unbranched alkanes of at least 4 members (excludes halogenated alkanes) is 17. The highest BCUT2D eigenvalue weighted by Crippen LogP contribution is 2.36. The van der Waals surface area contributed by atoms with Gasteiger partial charge in [0.25, 0.3) is 0 Å². The van der Waals surface area contributed by atoms with Crippen molar-refractivity contribution in [3.8, 4) is 0 Å². The van der Waals surface area contributed by atoms with Crippen LogP contribution in [0.15, 0.2) is 72.9 Å². The zero-order chi connectivity index (χ0) is 44.2. The lowest BCUT2D eigenvalue weighted by molar-refractivity contribution is -0.161. The lowest BCUT2D eigenvalue weighted by Crippen LogP contribution is -2.29. The number of hydrogen-bond donors (Lipinski definition) is 3. The predicted octanol–water partition coefficient (Wildman–Crippen LogP) is 13.8. The van der Waals surface area contributed by atoms with Crippen molar-refractivity contribution in [3.05, 3.63) is 72.9 Å². The fourth-order valence-corrected chi connectivity index (χ4v) is 6.82. The van der Waals surface area contributed by atoms with Gasteiger partial charge in [-0.2, -0.15) is 0 Å². The molecular weight excluding hydrogens is 776 g/mol. The van der Waals surface area contributed by atoms with Gasteiger partial charge in [0.05, 0.1) is 12.7 Å². The third-order valence-corrected chi connectivity index (χ3v) is 10.9. The van der Waals surface area contributed by atoms with Gasteiger partial charge in [-0.25, -0.2) is 4.57 Å². The Kier molecular flexibility index (Phi) is 41.3. The maximum absolute atomic E-state index is 12.5. The number of aliphatic hydroxyl groups excluding tert-OH is 1. The number of phosphoric acid groups is 1. The quantitative estimate of drug-likeness (QED) is 0.0180. The molecule has 0 bridgehead atoms. The number of allylic oxidation sites excluding steroid dienone is 11. The molecule has 0 radical (unpaired) electrons. The lowest BCUT2D eigenvalue weighted by Gasteiger charge is -2.18. The maximum Gasteiger partial charge on any atom is 0.469 e. The fourth-order valence-electron chi connectivity index (χ4n) is 6.46. The van der Waals surface area contributed by atoms with E-state index in [-0.39, 0.29) is 19.3 Å². The summed E-state index contributed by atoms with van der Waals surface area (Å²) in [5.41, 5.74) is 0. The molecule has 3 atom stereocenters. The number of hydrogen-bond acceptors (Lipinski definition) is 7. The molecule has 0 rings (SSSR count). The van der Waals surface area contributed by atoms with Crippen LogP contribution >= 0.6 is 7.82 Å². The van der Waals surface area contributed by atoms with Crippen LogP contribution in [0.5, 0.6) is 0 Å². The van der Waals surface area contributed by atoms with Gasteiger partial charge in [0.15, 0.2) is 6.10 Å². The molecule has 3 N–H and O–H groups in total. The molecule has 0 aliphatic carbocycles. The summed E-state index contributed by atoms with van der Waals surface area (Å²) in [6, 6.07) is 0. The number of rotatable bonds is 42. The van der Waals surface area contributed by atoms with Crippen LogP contribution in [-0.2, 0) is 28.2 Å². The van der Waals surface area contributed by atoms with E-state index in [9.17, 15) is 19.3 Å². The first-order chi connectivity index (χ1) is 29.1. The Balaban J connectivity index is 4.04. The summed E-state index contributed by atoms with van der Waals surface area (Å²) in [4.78, 5) is 43.0. The van der Waals surface area contributed by atoms with E-state index < -0.39 is 45.2 Å². The van der Waals surface area contributed by atoms with Crippen molar-refractivity contribution in [2.45, 2.75) is 213 Å². The summed E-state index contributed by atoms with van der Waals surface area (Å²) < 4.78 is 26.3. The van der Waals surface area contributed by atoms with Crippen LogP contribution in [0.3, 0.4) is 0 Å². The van der Waals surface area contributed by atoms with Crippen molar-refractivity contribution < 1.29 is 43.0 Å². The molecule has 0 aromatic heterocycles. The standard InChI is InChI=1S/C50H87O9P/c1-4-6-7-8-9-10-11-12-13-19-22-25-28-31-34-37-40-47(51)42-43-49(52)57-44-48(45-58-60(54,55)56)59-50(53)41-38-35-32-29-26-23-20-17-15-14-16-18-21-24-27-30-33-36-39-46(3)5-2/h6-7,9-10,12-13,22,25,31,34,37,40,46-48,51H,4-5,8,11,14-21,23-24,26-30,32-33,35-36,38-39,41-45H2,1-3H3,(H2,54,55,56)/b7-6-,10-9-,13-12-,25-22-,34-31-,40-37-/t46?,47?,48-/m1/s1. The normalized spacial score (nSPS) is 14.2. The predicted molar refractivity (Wildman–Crippen MR) is 249 cm³/mol. The highest BCUT2D eigenvalue weighted by atomic mass is 31.2. The number of ether oxygens (including phenoxy) is 2. The first-order valence-electron chi connectivity index (χ1n) is 23.7. The minimum absolute atomic E-state index is 0.0871. The molecule has 0 saturated carbocycles. The van der Waals surface area contributed by atoms with E-state index in [1.807, 2.05) is 12.2 Å². The third kappa shape index (κ3) is 45.0. The third-order valence-electron chi connectivity index (χ3n) is 10.4. The molecule has 346 valence electrons. The zero-order valence-corrected chi connectivity index (χ0v) is 39.0. The average Bonchev–Trinajstić information content (AvgIpc) is 3.22. The highest BCUT2D eigenvalue weighted by Gasteiger charge is 2.23. The summed E-state index contributed by atoms with van der Waals surface area (Å²) in [6.07, 6.45) is 52.4. The lowest BCUT2D eigenvalue weighted by atomic mass is 9.99. The molecule has 0 saturated heterocycles. The van der Waals surface area contributed by atoms with Gasteiger partial charge in [-0.05, 0) is 50.9 Å². The molecule has 0 aliphatic rings. The van der Waals surface area contributed by atoms with Crippen LogP contribution in [0.2, 0.25) is 0 Å². The van der Waals surface area contributed by atoms with Gasteiger partial charge in [0, 0.05) is 12.8 Å². The fraction of sp³-hybridized carbons (Fsp3) is 0.720. The second-order valence-corrected chi connectivity index (χ2v) is 17.4. The van der Waals surface area contributed by atoms with E-state index in [1.54, 1.807) is 12.2 Å². The number of phosphoric ester groups is 1. The molecule has 0 spiro atoms. The van der Waals surface area contributed by atoms with Crippen LogP contribution in [0.25, 0.3) is 0 Å². The van der Waals surface area contributed by atoms with Gasteiger partial charge in [0.2, 0.25) is 0 Å². The van der Waals surface area contributed by atoms with Gasteiger partial charge in [-0.1, -0.05) is 216 Å². The minimum atomic E-state index is -4.82. The van der Waals surface area contributed by atoms with Crippen LogP contribution < -0.4 is 0 Å². The number of esters is 2. The Labute approximate surface area is 366 Å². The van der Waals surface area contributed by atoms with E-state index in [1.165, 1.54) is 103 Å². The minimum Gasteiger partial charge on any atom is -0.462 e. The van der Waals surface area contributed by atoms with E-state index in [2.05, 4.69) is 73.9 Å². The number of carbonyl (C=O) groups excluding carboxylic acids is 2. The Morgan fingerprint density at radius 3 is 1.47 bits per heavy atom. The summed E-state index contributed by atoms with van der Waals surface area (Å²) >= 11 is 0. The van der Waals surface area contributed by atoms with E-state index in [0.717, 1.165) is 57.3 Å². The smallest absolute Gasteiger partial charge is 0.462 e. The molecule has 9 nitrogen and oxygen atoms in total. The van der Waals surface area contributed by atoms with Gasteiger partial charge < -0.3 is 24.4 Å². The summed E-state index contributed by atoms with van der Waals surface area (Å²) in [5, 5.41) is 10.2. The largest absolute Gasteiger partial charge is 0.469 e. The first kappa shape index (κ1) is 57.4. The van der Waals surface area contributed by atoms with E-state index >= 15 is 0 Å². The molecule has 10 heteroatoms. The molecular formula is C50H87O9P. The van der Waals surface area contributed by atoms with Crippen molar-refractivity contribution in [1.29, 1.82) is 0 Å². The van der Waals surface area contributed by atoms with Crippen molar-refractivity contribution in [3.63, 3.8) is 0 Å². The topological polar surface area (TPSA) is 140 Å². The second-order valence-electron chi connectivity index (χ2n) is 16.2. The first-order valence-corrected chi connectivity index (χ1v) is 25.3. The Morgan fingerprint density at radius 1 is 0.550 bits per heavy atom. The molecule has 0 amide bonds. The molecule has 0 aromatic carbocycles. The zero-order valence-electron chi connectivity index (χ0n) is 38.1. The van der Waals surface area contributed by atoms with Crippen LogP contribution in [0, 0.1) is 5.92 Å². The van der Waals surface area contributed by atoms with Crippen molar-refractivity contribution in [1.82, 2.24) is 0 Å². The van der Waals surface area contributed by atoms with E-state index in [4.69, 9.17) is 19.3 Å². The molecule has 0 aromatic rings. The Morgan fingerprint density at radius 2 is 1.00 bits per heavy atom. The number of carbonyl (C=O) groups is 2. The van der Waals surface area contributed by atoms with Crippen molar-refractivity contribution in [2.75, 3.05) is 13.2 Å². The second kappa shape index (κ2) is 43.1. The van der Waals surface area contributed by atoms with Crippen LogP contribution in [0.1, 0.15) is 201 Å². The molecule has 2 unspecified atom stereocenters. The summed E-state index contributed by atoms with van der Waals surface area (Å²) in [6.45, 7) is 5.77. The van der Waals surface area contributed by atoms with Crippen LogP contribution in [0.4, 0.5) is 0 Å². The number of aliphatic hydroxyl groups is 1. The Hall–Kier alpha value is -2.55. The monoisotopic (exact) mass is 863 g/mol. The summed E-state index contributed by atoms with van der Waals surface area (Å²) in [7, 11) is -4.82. The van der Waals surface area contributed by atoms with Gasteiger partial charge in [-0.15, -0.1) is 0 Å². The van der Waals surface area contributed by atoms with Gasteiger partial charge in [-0.3, -0.25) is 14.1 Å². The van der Waals surface area contributed by atoms with Crippen molar-refractivity contribution in [2.24, 2.45) is 5.92 Å². The molecule has 0 heterocycles. The SMILES string of the molecule is CC/C=C\C/C=C\C/C=C\C/C=C\C/C=C\C=C/C(O)CCC(=O)OC[C@H](COP(=O)(O)O)OC(=O)CCCCCCCCCCCCCCCCCCCCC(C)CC. The average molecular weight is 863 g/mol. The maximum atomic E-state index is 12.5. The highest BCUT2D eigenvalue weighted by molar-refractivity contribution is 7.46. The molecule has 0 aliphatic heterocycles.